The number of carbonyl (C=O) groups is 2. The first kappa shape index (κ1) is 20.3. The maximum absolute atomic E-state index is 12.8. The van der Waals surface area contributed by atoms with Crippen molar-refractivity contribution in [2.24, 2.45) is 0 Å². The molecule has 0 aliphatic heterocycles. The Morgan fingerprint density at radius 2 is 1.96 bits per heavy atom. The summed E-state index contributed by atoms with van der Waals surface area (Å²) in [4.78, 5) is 29.6. The Balaban J connectivity index is 1.70. The van der Waals surface area contributed by atoms with Crippen LogP contribution < -0.4 is 15.4 Å². The molecule has 1 aromatic carbocycles. The van der Waals surface area contributed by atoms with Crippen molar-refractivity contribution in [3.8, 4) is 11.6 Å². The number of pyridine rings is 1. The summed E-state index contributed by atoms with van der Waals surface area (Å²) in [6.07, 6.45) is 5.71. The Morgan fingerprint density at radius 1 is 1.18 bits per heavy atom. The van der Waals surface area contributed by atoms with Gasteiger partial charge >= 0.3 is 0 Å². The number of aromatic nitrogens is 1. The molecule has 6 nitrogen and oxygen atoms in total. The molecule has 0 saturated heterocycles. The van der Waals surface area contributed by atoms with Gasteiger partial charge in [-0.2, -0.15) is 0 Å². The van der Waals surface area contributed by atoms with Crippen LogP contribution in [0.3, 0.4) is 0 Å². The monoisotopic (exact) mass is 445 g/mol. The van der Waals surface area contributed by atoms with Crippen molar-refractivity contribution in [3.05, 3.63) is 52.6 Å². The zero-order valence-corrected chi connectivity index (χ0v) is 17.4. The summed E-state index contributed by atoms with van der Waals surface area (Å²) in [5, 5.41) is 5.83. The predicted octanol–water partition coefficient (Wildman–Crippen LogP) is 4.21. The third-order valence-corrected chi connectivity index (χ3v) is 5.34. The number of rotatable bonds is 6. The van der Waals surface area contributed by atoms with E-state index < -0.39 is 5.54 Å². The Bertz CT molecular complexity index is 833. The topological polar surface area (TPSA) is 80.3 Å². The molecule has 1 aliphatic carbocycles. The minimum absolute atomic E-state index is 0.106. The molecule has 3 rings (SSSR count). The molecule has 0 bridgehead atoms. The number of carbonyl (C=O) groups excluding carboxylic acids is 2. The summed E-state index contributed by atoms with van der Waals surface area (Å²) in [6, 6.07) is 10.7. The second-order valence-electron chi connectivity index (χ2n) is 6.90. The number of hydrogen-bond acceptors (Lipinski definition) is 4. The maximum atomic E-state index is 12.8. The summed E-state index contributed by atoms with van der Waals surface area (Å²) in [6.45, 7) is 2.42. The Labute approximate surface area is 173 Å². The zero-order chi connectivity index (χ0) is 20.0. The van der Waals surface area contributed by atoms with Crippen molar-refractivity contribution in [2.45, 2.75) is 44.6 Å². The van der Waals surface area contributed by atoms with E-state index in [1.807, 2.05) is 31.2 Å². The fraction of sp³-hybridized carbons (Fsp3) is 0.381. The molecule has 2 amide bonds. The highest BCUT2D eigenvalue weighted by Crippen LogP contribution is 2.29. The van der Waals surface area contributed by atoms with E-state index in [0.717, 1.165) is 23.7 Å². The standard InChI is InChI=1S/C21H24BrN3O3/c1-2-23-20(27)21(11-4-3-5-12-21)25-19(26)15-9-10-18(24-14-15)28-17-8-6-7-16(22)13-17/h6-10,13-14H,2-5,11-12H2,1H3,(H,23,27)(H,25,26). The molecular formula is C21H24BrN3O3. The molecular weight excluding hydrogens is 422 g/mol. The minimum Gasteiger partial charge on any atom is -0.439 e. The average Bonchev–Trinajstić information content (AvgIpc) is 2.69. The molecule has 28 heavy (non-hydrogen) atoms. The van der Waals surface area contributed by atoms with E-state index in [1.165, 1.54) is 6.20 Å². The van der Waals surface area contributed by atoms with Crippen LogP contribution in [0.1, 0.15) is 49.4 Å². The number of ether oxygens (including phenoxy) is 1. The van der Waals surface area contributed by atoms with Gasteiger partial charge in [0.05, 0.1) is 5.56 Å². The highest BCUT2D eigenvalue weighted by molar-refractivity contribution is 9.10. The molecule has 2 aromatic rings. The third kappa shape index (κ3) is 4.90. The lowest BCUT2D eigenvalue weighted by atomic mass is 9.80. The lowest BCUT2D eigenvalue weighted by Crippen LogP contribution is -2.59. The first-order valence-electron chi connectivity index (χ1n) is 9.53. The van der Waals surface area contributed by atoms with Crippen LogP contribution in [0, 0.1) is 0 Å². The van der Waals surface area contributed by atoms with E-state index in [0.29, 0.717) is 36.6 Å². The van der Waals surface area contributed by atoms with Crippen LogP contribution in [0.15, 0.2) is 47.1 Å². The second kappa shape index (κ2) is 9.19. The number of benzene rings is 1. The van der Waals surface area contributed by atoms with E-state index in [-0.39, 0.29) is 11.8 Å². The van der Waals surface area contributed by atoms with Crippen molar-refractivity contribution in [3.63, 3.8) is 0 Å². The van der Waals surface area contributed by atoms with Gasteiger partial charge in [-0.15, -0.1) is 0 Å². The molecule has 0 atom stereocenters. The van der Waals surface area contributed by atoms with Crippen molar-refractivity contribution < 1.29 is 14.3 Å². The first-order valence-corrected chi connectivity index (χ1v) is 10.3. The summed E-state index contributed by atoms with van der Waals surface area (Å²) >= 11 is 3.39. The molecule has 1 saturated carbocycles. The van der Waals surface area contributed by atoms with E-state index >= 15 is 0 Å². The third-order valence-electron chi connectivity index (χ3n) is 4.85. The molecule has 1 aliphatic rings. The maximum Gasteiger partial charge on any atom is 0.253 e. The normalized spacial score (nSPS) is 15.5. The Morgan fingerprint density at radius 3 is 2.61 bits per heavy atom. The van der Waals surface area contributed by atoms with E-state index in [4.69, 9.17) is 4.74 Å². The van der Waals surface area contributed by atoms with E-state index in [2.05, 4.69) is 31.5 Å². The van der Waals surface area contributed by atoms with Crippen molar-refractivity contribution in [1.29, 1.82) is 0 Å². The van der Waals surface area contributed by atoms with Crippen LogP contribution in [0.2, 0.25) is 0 Å². The molecule has 0 radical (unpaired) electrons. The smallest absolute Gasteiger partial charge is 0.253 e. The van der Waals surface area contributed by atoms with E-state index in [9.17, 15) is 9.59 Å². The predicted molar refractivity (Wildman–Crippen MR) is 110 cm³/mol. The highest BCUT2D eigenvalue weighted by Gasteiger charge is 2.40. The summed E-state index contributed by atoms with van der Waals surface area (Å²) in [7, 11) is 0. The highest BCUT2D eigenvalue weighted by atomic mass is 79.9. The average molecular weight is 446 g/mol. The van der Waals surface area contributed by atoms with Crippen LogP contribution in [-0.4, -0.2) is 28.9 Å². The van der Waals surface area contributed by atoms with Crippen molar-refractivity contribution in [1.82, 2.24) is 15.6 Å². The molecule has 7 heteroatoms. The fourth-order valence-corrected chi connectivity index (χ4v) is 3.79. The number of likely N-dealkylation sites (N-methyl/N-ethyl adjacent to an activating group) is 1. The van der Waals surface area contributed by atoms with Crippen LogP contribution in [0.4, 0.5) is 0 Å². The second-order valence-corrected chi connectivity index (χ2v) is 7.82. The summed E-state index contributed by atoms with van der Waals surface area (Å²) in [5.41, 5.74) is -0.438. The largest absolute Gasteiger partial charge is 0.439 e. The van der Waals surface area contributed by atoms with Gasteiger partial charge in [-0.05, 0) is 44.0 Å². The number of nitrogens with one attached hydrogen (secondary N) is 2. The number of amides is 2. The van der Waals surface area contributed by atoms with Crippen LogP contribution in [0.25, 0.3) is 0 Å². The number of halogens is 1. The molecule has 0 unspecified atom stereocenters. The molecule has 148 valence electrons. The van der Waals surface area contributed by atoms with Gasteiger partial charge < -0.3 is 15.4 Å². The lowest BCUT2D eigenvalue weighted by molar-refractivity contribution is -0.128. The summed E-state index contributed by atoms with van der Waals surface area (Å²) in [5.74, 6) is 0.641. The molecule has 2 N–H and O–H groups in total. The summed E-state index contributed by atoms with van der Waals surface area (Å²) < 4.78 is 6.60. The van der Waals surface area contributed by atoms with Gasteiger partial charge in [0.25, 0.3) is 5.91 Å². The molecule has 1 aromatic heterocycles. The molecule has 1 fully saturated rings. The molecule has 0 spiro atoms. The minimum atomic E-state index is -0.836. The van der Waals surface area contributed by atoms with Gasteiger partial charge in [0.1, 0.15) is 11.3 Å². The first-order chi connectivity index (χ1) is 13.5. The van der Waals surface area contributed by atoms with Gasteiger partial charge in [0, 0.05) is 23.3 Å². The zero-order valence-electron chi connectivity index (χ0n) is 15.8. The lowest BCUT2D eigenvalue weighted by Gasteiger charge is -2.36. The van der Waals surface area contributed by atoms with Gasteiger partial charge in [-0.1, -0.05) is 41.3 Å². The van der Waals surface area contributed by atoms with Gasteiger partial charge in [-0.25, -0.2) is 4.98 Å². The van der Waals surface area contributed by atoms with Crippen molar-refractivity contribution in [2.75, 3.05) is 6.54 Å². The van der Waals surface area contributed by atoms with Gasteiger partial charge in [0.2, 0.25) is 11.8 Å². The number of hydrogen-bond donors (Lipinski definition) is 2. The SMILES string of the molecule is CCNC(=O)C1(NC(=O)c2ccc(Oc3cccc(Br)c3)nc2)CCCCC1. The Kier molecular flexibility index (Phi) is 6.67. The quantitative estimate of drug-likeness (QED) is 0.697. The van der Waals surface area contributed by atoms with Gasteiger partial charge in [-0.3, -0.25) is 9.59 Å². The van der Waals surface area contributed by atoms with Crippen molar-refractivity contribution >= 4 is 27.7 Å². The fourth-order valence-electron chi connectivity index (χ4n) is 3.41. The Hall–Kier alpha value is -2.41. The number of nitrogens with zero attached hydrogens (tertiary/aromatic N) is 1. The van der Waals surface area contributed by atoms with E-state index in [1.54, 1.807) is 12.1 Å². The molecule has 1 heterocycles. The van der Waals surface area contributed by atoms with Crippen LogP contribution in [-0.2, 0) is 4.79 Å². The van der Waals surface area contributed by atoms with Gasteiger partial charge in [0.15, 0.2) is 0 Å². The van der Waals surface area contributed by atoms with Crippen LogP contribution in [0.5, 0.6) is 11.6 Å². The van der Waals surface area contributed by atoms with Crippen LogP contribution >= 0.6 is 15.9 Å².